The number of fused-ring (bicyclic) bond motifs is 2. The van der Waals surface area contributed by atoms with Crippen molar-refractivity contribution in [3.8, 4) is 0 Å². The molecule has 2 aliphatic rings. The summed E-state index contributed by atoms with van der Waals surface area (Å²) in [5.74, 6) is 0.592. The van der Waals surface area contributed by atoms with Crippen LogP contribution in [0.15, 0.2) is 42.5 Å². The first kappa shape index (κ1) is 12.0. The molecule has 0 saturated carbocycles. The van der Waals surface area contributed by atoms with E-state index in [1.54, 1.807) is 6.08 Å². The molecule has 0 spiro atoms. The lowest BCUT2D eigenvalue weighted by Gasteiger charge is -2.17. The Labute approximate surface area is 112 Å². The highest BCUT2D eigenvalue weighted by molar-refractivity contribution is 5.81. The summed E-state index contributed by atoms with van der Waals surface area (Å²) in [6, 6.07) is 8.21. The van der Waals surface area contributed by atoms with Crippen LogP contribution >= 0.6 is 0 Å². The number of carbonyl (C=O) groups is 1. The van der Waals surface area contributed by atoms with Gasteiger partial charge in [-0.15, -0.1) is 0 Å². The standard InChI is InChI=1S/C16H16O3/c1-2-9-18-16(17)14-10-12-8-7-11-5-3-4-6-13(11)15(12)19-14/h2-6,14H,1,7-10H2. The van der Waals surface area contributed by atoms with Gasteiger partial charge in [-0.25, -0.2) is 4.79 Å². The zero-order valence-corrected chi connectivity index (χ0v) is 10.7. The van der Waals surface area contributed by atoms with E-state index in [0.29, 0.717) is 6.42 Å². The molecule has 1 unspecified atom stereocenters. The van der Waals surface area contributed by atoms with Gasteiger partial charge in [-0.1, -0.05) is 36.9 Å². The van der Waals surface area contributed by atoms with Crippen molar-refractivity contribution in [2.75, 3.05) is 6.61 Å². The van der Waals surface area contributed by atoms with Gasteiger partial charge in [0.25, 0.3) is 0 Å². The van der Waals surface area contributed by atoms with Crippen molar-refractivity contribution in [3.05, 3.63) is 53.6 Å². The Kier molecular flexibility index (Phi) is 3.11. The van der Waals surface area contributed by atoms with E-state index in [1.165, 1.54) is 11.1 Å². The Bertz CT molecular complexity index is 557. The number of rotatable bonds is 3. The fourth-order valence-corrected chi connectivity index (χ4v) is 2.66. The van der Waals surface area contributed by atoms with Crippen LogP contribution in [0.25, 0.3) is 5.76 Å². The second kappa shape index (κ2) is 4.92. The Balaban J connectivity index is 1.78. The highest BCUT2D eigenvalue weighted by atomic mass is 16.6. The van der Waals surface area contributed by atoms with Crippen molar-refractivity contribution in [1.29, 1.82) is 0 Å². The SMILES string of the molecule is C=CCOC(=O)C1CC2=C(O1)c1ccccc1CC2. The van der Waals surface area contributed by atoms with Gasteiger partial charge in [0.2, 0.25) is 0 Å². The minimum absolute atomic E-state index is 0.236. The first-order chi connectivity index (χ1) is 9.29. The minimum atomic E-state index is -0.490. The van der Waals surface area contributed by atoms with Crippen LogP contribution in [0.2, 0.25) is 0 Å². The summed E-state index contributed by atoms with van der Waals surface area (Å²) in [6.07, 6.45) is 3.72. The molecule has 0 N–H and O–H groups in total. The third kappa shape index (κ3) is 2.16. The van der Waals surface area contributed by atoms with Gasteiger partial charge >= 0.3 is 5.97 Å². The smallest absolute Gasteiger partial charge is 0.347 e. The van der Waals surface area contributed by atoms with E-state index in [2.05, 4.69) is 18.7 Å². The average Bonchev–Trinajstić information content (AvgIpc) is 2.89. The van der Waals surface area contributed by atoms with Crippen molar-refractivity contribution in [3.63, 3.8) is 0 Å². The molecule has 1 aliphatic carbocycles. The van der Waals surface area contributed by atoms with Gasteiger partial charge in [0.15, 0.2) is 6.10 Å². The van der Waals surface area contributed by atoms with Gasteiger partial charge in [0.1, 0.15) is 12.4 Å². The van der Waals surface area contributed by atoms with E-state index >= 15 is 0 Å². The van der Waals surface area contributed by atoms with Crippen LogP contribution in [0.5, 0.6) is 0 Å². The Morgan fingerprint density at radius 3 is 3.11 bits per heavy atom. The van der Waals surface area contributed by atoms with Crippen molar-refractivity contribution >= 4 is 11.7 Å². The molecule has 98 valence electrons. The van der Waals surface area contributed by atoms with E-state index in [1.807, 2.05) is 12.1 Å². The third-order valence-corrected chi connectivity index (χ3v) is 3.58. The van der Waals surface area contributed by atoms with Crippen molar-refractivity contribution in [2.24, 2.45) is 0 Å². The molecule has 0 fully saturated rings. The molecule has 0 saturated heterocycles. The Morgan fingerprint density at radius 1 is 1.42 bits per heavy atom. The van der Waals surface area contributed by atoms with Crippen LogP contribution < -0.4 is 0 Å². The second-order valence-corrected chi connectivity index (χ2v) is 4.82. The van der Waals surface area contributed by atoms with E-state index in [-0.39, 0.29) is 12.6 Å². The summed E-state index contributed by atoms with van der Waals surface area (Å²) in [4.78, 5) is 11.8. The van der Waals surface area contributed by atoms with Crippen LogP contribution in [0.3, 0.4) is 0 Å². The quantitative estimate of drug-likeness (QED) is 0.616. The molecule has 3 nitrogen and oxygen atoms in total. The monoisotopic (exact) mass is 256 g/mol. The van der Waals surface area contributed by atoms with Gasteiger partial charge < -0.3 is 9.47 Å². The first-order valence-electron chi connectivity index (χ1n) is 6.54. The summed E-state index contributed by atoms with van der Waals surface area (Å²) in [7, 11) is 0. The fourth-order valence-electron chi connectivity index (χ4n) is 2.66. The molecule has 0 bridgehead atoms. The van der Waals surface area contributed by atoms with Crippen LogP contribution in [0, 0.1) is 0 Å². The molecule has 3 heteroatoms. The summed E-state index contributed by atoms with van der Waals surface area (Å²) in [5.41, 5.74) is 3.66. The Hall–Kier alpha value is -2.03. The molecule has 1 aliphatic heterocycles. The molecule has 1 aromatic rings. The topological polar surface area (TPSA) is 35.5 Å². The lowest BCUT2D eigenvalue weighted by Crippen LogP contribution is -2.22. The zero-order chi connectivity index (χ0) is 13.2. The van der Waals surface area contributed by atoms with Crippen LogP contribution in [-0.4, -0.2) is 18.7 Å². The number of carbonyl (C=O) groups excluding carboxylic acids is 1. The minimum Gasteiger partial charge on any atom is -0.478 e. The van der Waals surface area contributed by atoms with E-state index in [9.17, 15) is 4.79 Å². The normalized spacial score (nSPS) is 20.3. The predicted molar refractivity (Wildman–Crippen MR) is 72.3 cm³/mol. The highest BCUT2D eigenvalue weighted by Crippen LogP contribution is 2.40. The van der Waals surface area contributed by atoms with Gasteiger partial charge in [0, 0.05) is 12.0 Å². The van der Waals surface area contributed by atoms with Crippen molar-refractivity contribution in [2.45, 2.75) is 25.4 Å². The highest BCUT2D eigenvalue weighted by Gasteiger charge is 2.35. The van der Waals surface area contributed by atoms with E-state index in [4.69, 9.17) is 9.47 Å². The maximum Gasteiger partial charge on any atom is 0.347 e. The number of esters is 1. The maximum atomic E-state index is 11.8. The summed E-state index contributed by atoms with van der Waals surface area (Å²) in [6.45, 7) is 3.77. The van der Waals surface area contributed by atoms with Crippen LogP contribution in [0.1, 0.15) is 24.0 Å². The number of ether oxygens (including phenoxy) is 2. The van der Waals surface area contributed by atoms with Crippen molar-refractivity contribution in [1.82, 2.24) is 0 Å². The van der Waals surface area contributed by atoms with Gasteiger partial charge in [-0.2, -0.15) is 0 Å². The van der Waals surface area contributed by atoms with Gasteiger partial charge in [-0.3, -0.25) is 0 Å². The molecule has 19 heavy (non-hydrogen) atoms. The number of hydrogen-bond donors (Lipinski definition) is 0. The van der Waals surface area contributed by atoms with Crippen molar-refractivity contribution < 1.29 is 14.3 Å². The zero-order valence-electron chi connectivity index (χ0n) is 10.7. The van der Waals surface area contributed by atoms with Crippen LogP contribution in [0.4, 0.5) is 0 Å². The molecule has 1 aromatic carbocycles. The fraction of sp³-hybridized carbons (Fsp3) is 0.312. The van der Waals surface area contributed by atoms with Crippen LogP contribution in [-0.2, 0) is 20.7 Å². The molecule has 0 amide bonds. The largest absolute Gasteiger partial charge is 0.478 e. The first-order valence-corrected chi connectivity index (χ1v) is 6.54. The third-order valence-electron chi connectivity index (χ3n) is 3.58. The summed E-state index contributed by atoms with van der Waals surface area (Å²) in [5, 5.41) is 0. The summed E-state index contributed by atoms with van der Waals surface area (Å²) < 4.78 is 10.9. The lowest BCUT2D eigenvalue weighted by molar-refractivity contribution is -0.151. The number of hydrogen-bond acceptors (Lipinski definition) is 3. The second-order valence-electron chi connectivity index (χ2n) is 4.82. The number of aryl methyl sites for hydroxylation is 1. The van der Waals surface area contributed by atoms with Gasteiger partial charge in [0.05, 0.1) is 0 Å². The molecule has 0 radical (unpaired) electrons. The molecule has 0 aromatic heterocycles. The Morgan fingerprint density at radius 2 is 2.26 bits per heavy atom. The lowest BCUT2D eigenvalue weighted by atomic mass is 9.90. The summed E-state index contributed by atoms with van der Waals surface area (Å²) >= 11 is 0. The maximum absolute atomic E-state index is 11.8. The molecular weight excluding hydrogens is 240 g/mol. The average molecular weight is 256 g/mol. The number of benzene rings is 1. The molecular formula is C16H16O3. The predicted octanol–water partition coefficient (Wildman–Crippen LogP) is 2.86. The molecule has 3 rings (SSSR count). The molecule has 1 heterocycles. The molecule has 1 atom stereocenters. The van der Waals surface area contributed by atoms with Gasteiger partial charge in [-0.05, 0) is 24.0 Å². The van der Waals surface area contributed by atoms with E-state index in [0.717, 1.165) is 24.2 Å². The van der Waals surface area contributed by atoms with E-state index < -0.39 is 6.10 Å².